The van der Waals surface area contributed by atoms with Crippen LogP contribution in [0.3, 0.4) is 0 Å². The first kappa shape index (κ1) is 21.4. The molecule has 0 bridgehead atoms. The molecule has 1 aromatic carbocycles. The van der Waals surface area contributed by atoms with Gasteiger partial charge in [-0.2, -0.15) is 13.2 Å². The second-order valence-electron chi connectivity index (χ2n) is 7.31. The largest absolute Gasteiger partial charge is 0.405 e. The monoisotopic (exact) mass is 431 g/mol. The van der Waals surface area contributed by atoms with Crippen LogP contribution in [-0.2, 0) is 14.4 Å². The lowest BCUT2D eigenvalue weighted by molar-refractivity contribution is -0.143. The van der Waals surface area contributed by atoms with Crippen molar-refractivity contribution in [2.24, 2.45) is 11.8 Å². The molecule has 0 radical (unpaired) electrons. The van der Waals surface area contributed by atoms with Gasteiger partial charge in [-0.25, -0.2) is 0 Å². The zero-order valence-corrected chi connectivity index (χ0v) is 16.3. The number of piperidine rings is 1. The van der Waals surface area contributed by atoms with Gasteiger partial charge in [-0.1, -0.05) is 11.6 Å². The summed E-state index contributed by atoms with van der Waals surface area (Å²) in [5, 5.41) is 2.45. The third-order valence-electron chi connectivity index (χ3n) is 5.25. The number of amides is 3. The molecule has 6 nitrogen and oxygen atoms in total. The van der Waals surface area contributed by atoms with Crippen LogP contribution in [-0.4, -0.2) is 55.0 Å². The Morgan fingerprint density at radius 1 is 1.10 bits per heavy atom. The maximum Gasteiger partial charge on any atom is 0.405 e. The van der Waals surface area contributed by atoms with E-state index < -0.39 is 30.5 Å². The summed E-state index contributed by atoms with van der Waals surface area (Å²) in [5.74, 6) is -1.97. The molecule has 1 atom stereocenters. The molecular weight excluding hydrogens is 411 g/mol. The van der Waals surface area contributed by atoms with Gasteiger partial charge in [-0.3, -0.25) is 14.4 Å². The number of anilines is 1. The van der Waals surface area contributed by atoms with Crippen LogP contribution in [0.25, 0.3) is 0 Å². The van der Waals surface area contributed by atoms with Gasteiger partial charge in [0.15, 0.2) is 0 Å². The van der Waals surface area contributed by atoms with Crippen LogP contribution in [0.1, 0.15) is 19.3 Å². The Morgan fingerprint density at radius 3 is 2.31 bits per heavy atom. The van der Waals surface area contributed by atoms with Gasteiger partial charge in [0.2, 0.25) is 17.7 Å². The summed E-state index contributed by atoms with van der Waals surface area (Å²) in [6.45, 7) is -0.510. The summed E-state index contributed by atoms with van der Waals surface area (Å²) in [4.78, 5) is 40.1. The first-order valence-corrected chi connectivity index (χ1v) is 9.71. The molecule has 0 saturated carbocycles. The minimum atomic E-state index is -4.45. The first-order valence-electron chi connectivity index (χ1n) is 9.33. The highest BCUT2D eigenvalue weighted by atomic mass is 35.5. The van der Waals surface area contributed by atoms with Crippen LogP contribution in [0.15, 0.2) is 24.3 Å². The Bertz CT molecular complexity index is 777. The van der Waals surface area contributed by atoms with E-state index in [1.807, 2.05) is 5.32 Å². The van der Waals surface area contributed by atoms with Gasteiger partial charge in [0.1, 0.15) is 6.54 Å². The van der Waals surface area contributed by atoms with Crippen LogP contribution in [0.5, 0.6) is 0 Å². The fourth-order valence-electron chi connectivity index (χ4n) is 3.70. The van der Waals surface area contributed by atoms with Gasteiger partial charge in [0.25, 0.3) is 0 Å². The predicted octanol–water partition coefficient (Wildman–Crippen LogP) is 2.61. The summed E-state index contributed by atoms with van der Waals surface area (Å²) in [5.41, 5.74) is 0.676. The zero-order valence-electron chi connectivity index (χ0n) is 15.5. The van der Waals surface area contributed by atoms with E-state index in [2.05, 4.69) is 0 Å². The van der Waals surface area contributed by atoms with Crippen molar-refractivity contribution in [3.8, 4) is 0 Å². The Labute approximate surface area is 171 Å². The molecule has 29 heavy (non-hydrogen) atoms. The van der Waals surface area contributed by atoms with E-state index in [0.717, 1.165) is 0 Å². The minimum absolute atomic E-state index is 0.105. The molecule has 1 aromatic rings. The fourth-order valence-corrected chi connectivity index (χ4v) is 3.82. The topological polar surface area (TPSA) is 69.7 Å². The number of likely N-dealkylation sites (tertiary alicyclic amines) is 1. The van der Waals surface area contributed by atoms with Crippen LogP contribution < -0.4 is 10.2 Å². The number of carbonyl (C=O) groups is 3. The Morgan fingerprint density at radius 2 is 1.72 bits per heavy atom. The second-order valence-corrected chi connectivity index (χ2v) is 7.75. The van der Waals surface area contributed by atoms with Gasteiger partial charge < -0.3 is 15.1 Å². The Balaban J connectivity index is 1.51. The number of halogens is 4. The van der Waals surface area contributed by atoms with Crippen molar-refractivity contribution >= 4 is 35.0 Å². The van der Waals surface area contributed by atoms with Crippen LogP contribution >= 0.6 is 11.6 Å². The molecule has 2 aliphatic rings. The number of benzene rings is 1. The number of nitrogens with one attached hydrogen (secondary N) is 1. The second kappa shape index (κ2) is 8.61. The van der Waals surface area contributed by atoms with E-state index in [1.54, 1.807) is 34.1 Å². The highest BCUT2D eigenvalue weighted by molar-refractivity contribution is 6.30. The smallest absolute Gasteiger partial charge is 0.347 e. The van der Waals surface area contributed by atoms with E-state index in [0.29, 0.717) is 23.6 Å². The van der Waals surface area contributed by atoms with Crippen molar-refractivity contribution in [3.05, 3.63) is 29.3 Å². The normalized spacial score (nSPS) is 20.8. The maximum atomic E-state index is 12.8. The summed E-state index contributed by atoms with van der Waals surface area (Å²) in [6, 6.07) is 6.79. The third kappa shape index (κ3) is 5.41. The summed E-state index contributed by atoms with van der Waals surface area (Å²) < 4.78 is 36.7. The average molecular weight is 432 g/mol. The lowest BCUT2D eigenvalue weighted by Gasteiger charge is -2.33. The van der Waals surface area contributed by atoms with Crippen molar-refractivity contribution in [1.29, 1.82) is 0 Å². The van der Waals surface area contributed by atoms with Gasteiger partial charge in [-0.05, 0) is 37.1 Å². The van der Waals surface area contributed by atoms with Gasteiger partial charge in [0, 0.05) is 42.7 Å². The van der Waals surface area contributed by atoms with Gasteiger partial charge >= 0.3 is 6.18 Å². The molecular formula is C19H21ClF3N3O3. The van der Waals surface area contributed by atoms with Crippen molar-refractivity contribution in [2.75, 3.05) is 31.1 Å². The summed E-state index contributed by atoms with van der Waals surface area (Å²) in [7, 11) is 0. The fraction of sp³-hybridized carbons (Fsp3) is 0.526. The van der Waals surface area contributed by atoms with E-state index in [1.165, 1.54) is 0 Å². The molecule has 1 N–H and O–H groups in total. The molecule has 10 heteroatoms. The molecule has 0 aromatic heterocycles. The molecule has 2 aliphatic heterocycles. The van der Waals surface area contributed by atoms with Gasteiger partial charge in [0.05, 0.1) is 5.92 Å². The van der Waals surface area contributed by atoms with Crippen molar-refractivity contribution in [2.45, 2.75) is 25.4 Å². The number of hydrogen-bond donors (Lipinski definition) is 1. The minimum Gasteiger partial charge on any atom is -0.347 e. The van der Waals surface area contributed by atoms with Crippen molar-refractivity contribution in [1.82, 2.24) is 10.2 Å². The molecule has 0 spiro atoms. The molecule has 158 valence electrons. The molecule has 0 aliphatic carbocycles. The molecule has 2 heterocycles. The summed E-state index contributed by atoms with van der Waals surface area (Å²) >= 11 is 5.86. The molecule has 1 unspecified atom stereocenters. The first-order chi connectivity index (χ1) is 13.6. The standard InChI is InChI=1S/C19H21ClF3N3O3/c20-14-1-3-15(4-2-14)26-10-13(9-16(26)27)18(29)25-7-5-12(6-8-25)17(28)24-11-19(21,22)23/h1-4,12-13H,5-11H2,(H,24,28). The predicted molar refractivity (Wildman–Crippen MR) is 100 cm³/mol. The van der Waals surface area contributed by atoms with E-state index in [-0.39, 0.29) is 37.9 Å². The van der Waals surface area contributed by atoms with Crippen LogP contribution in [0, 0.1) is 11.8 Å². The molecule has 2 fully saturated rings. The molecule has 3 amide bonds. The lowest BCUT2D eigenvalue weighted by Crippen LogP contribution is -2.46. The van der Waals surface area contributed by atoms with E-state index in [4.69, 9.17) is 11.6 Å². The summed E-state index contributed by atoms with van der Waals surface area (Å²) in [6.07, 6.45) is -3.74. The third-order valence-corrected chi connectivity index (χ3v) is 5.51. The highest BCUT2D eigenvalue weighted by Gasteiger charge is 2.39. The van der Waals surface area contributed by atoms with Crippen molar-refractivity contribution < 1.29 is 27.6 Å². The SMILES string of the molecule is O=C(NCC(F)(F)F)C1CCN(C(=O)C2CC(=O)N(c3ccc(Cl)cc3)C2)CC1. The lowest BCUT2D eigenvalue weighted by atomic mass is 9.94. The maximum absolute atomic E-state index is 12.8. The quantitative estimate of drug-likeness (QED) is 0.796. The Hall–Kier alpha value is -2.29. The Kier molecular flexibility index (Phi) is 6.36. The van der Waals surface area contributed by atoms with Crippen LogP contribution in [0.2, 0.25) is 5.02 Å². The number of nitrogens with zero attached hydrogens (tertiary/aromatic N) is 2. The van der Waals surface area contributed by atoms with E-state index >= 15 is 0 Å². The molecule has 2 saturated heterocycles. The van der Waals surface area contributed by atoms with Crippen molar-refractivity contribution in [3.63, 3.8) is 0 Å². The number of hydrogen-bond acceptors (Lipinski definition) is 3. The number of alkyl halides is 3. The zero-order chi connectivity index (χ0) is 21.2. The molecule has 3 rings (SSSR count). The highest BCUT2D eigenvalue weighted by Crippen LogP contribution is 2.29. The van der Waals surface area contributed by atoms with Gasteiger partial charge in [-0.15, -0.1) is 0 Å². The van der Waals surface area contributed by atoms with E-state index in [9.17, 15) is 27.6 Å². The number of rotatable bonds is 4. The average Bonchev–Trinajstić information content (AvgIpc) is 3.07. The van der Waals surface area contributed by atoms with Crippen LogP contribution in [0.4, 0.5) is 18.9 Å². The number of carbonyl (C=O) groups excluding carboxylic acids is 3.